The standard InChI is InChI=1S/C21H19N3O2S2/c1-3-24-20(25)17-9-4-5-10-18(17)23-21(24)28-13-15-12-27-19(22-15)14-7-6-8-16(11-14)26-2/h4-12H,3,13H2,1-2H3. The van der Waals surface area contributed by atoms with Gasteiger partial charge in [0.15, 0.2) is 5.16 Å². The van der Waals surface area contributed by atoms with E-state index >= 15 is 0 Å². The summed E-state index contributed by atoms with van der Waals surface area (Å²) in [5, 5.41) is 4.38. The Morgan fingerprint density at radius 3 is 2.82 bits per heavy atom. The van der Waals surface area contributed by atoms with Gasteiger partial charge in [-0.3, -0.25) is 9.36 Å². The second-order valence-corrected chi connectivity index (χ2v) is 7.93. The van der Waals surface area contributed by atoms with Crippen LogP contribution in [0, 0.1) is 0 Å². The molecule has 28 heavy (non-hydrogen) atoms. The molecule has 0 fully saturated rings. The Labute approximate surface area is 171 Å². The first-order chi connectivity index (χ1) is 13.7. The van der Waals surface area contributed by atoms with E-state index in [0.29, 0.717) is 17.7 Å². The minimum atomic E-state index is 0.00551. The van der Waals surface area contributed by atoms with Crippen molar-refractivity contribution in [3.63, 3.8) is 0 Å². The number of hydrogen-bond acceptors (Lipinski definition) is 6. The summed E-state index contributed by atoms with van der Waals surface area (Å²) in [6, 6.07) is 15.4. The number of rotatable bonds is 6. The van der Waals surface area contributed by atoms with Crippen molar-refractivity contribution >= 4 is 34.0 Å². The van der Waals surface area contributed by atoms with Crippen molar-refractivity contribution in [2.75, 3.05) is 7.11 Å². The molecule has 0 saturated heterocycles. The zero-order chi connectivity index (χ0) is 19.5. The van der Waals surface area contributed by atoms with E-state index < -0.39 is 0 Å². The Morgan fingerprint density at radius 2 is 2.00 bits per heavy atom. The van der Waals surface area contributed by atoms with E-state index in [2.05, 4.69) is 5.38 Å². The van der Waals surface area contributed by atoms with Crippen molar-refractivity contribution in [2.24, 2.45) is 0 Å². The molecule has 142 valence electrons. The zero-order valence-corrected chi connectivity index (χ0v) is 17.2. The number of thioether (sulfide) groups is 1. The van der Waals surface area contributed by atoms with Gasteiger partial charge in [0.1, 0.15) is 10.8 Å². The maximum Gasteiger partial charge on any atom is 0.262 e. The molecule has 0 radical (unpaired) electrons. The molecule has 0 aliphatic carbocycles. The smallest absolute Gasteiger partial charge is 0.262 e. The lowest BCUT2D eigenvalue weighted by molar-refractivity contribution is 0.415. The fraction of sp³-hybridized carbons (Fsp3) is 0.190. The Bertz CT molecular complexity index is 1180. The van der Waals surface area contributed by atoms with Crippen LogP contribution in [0.25, 0.3) is 21.5 Å². The number of benzene rings is 2. The van der Waals surface area contributed by atoms with Gasteiger partial charge in [-0.2, -0.15) is 0 Å². The molecule has 0 spiro atoms. The van der Waals surface area contributed by atoms with Gasteiger partial charge in [-0.25, -0.2) is 9.97 Å². The SMILES string of the molecule is CCn1c(SCc2csc(-c3cccc(OC)c3)n2)nc2ccccc2c1=O. The summed E-state index contributed by atoms with van der Waals surface area (Å²) < 4.78 is 7.02. The highest BCUT2D eigenvalue weighted by Gasteiger charge is 2.12. The molecular weight excluding hydrogens is 390 g/mol. The molecule has 0 unspecified atom stereocenters. The van der Waals surface area contributed by atoms with Gasteiger partial charge in [0.2, 0.25) is 0 Å². The van der Waals surface area contributed by atoms with Gasteiger partial charge in [0.25, 0.3) is 5.56 Å². The third kappa shape index (κ3) is 3.68. The van der Waals surface area contributed by atoms with Crippen molar-refractivity contribution in [3.05, 3.63) is 70.0 Å². The third-order valence-electron chi connectivity index (χ3n) is 4.36. The average Bonchev–Trinajstić information content (AvgIpc) is 3.21. The van der Waals surface area contributed by atoms with Gasteiger partial charge >= 0.3 is 0 Å². The van der Waals surface area contributed by atoms with E-state index in [0.717, 1.165) is 32.7 Å². The first kappa shape index (κ1) is 18.7. The van der Waals surface area contributed by atoms with Crippen LogP contribution in [-0.4, -0.2) is 21.6 Å². The average molecular weight is 410 g/mol. The number of aromatic nitrogens is 3. The summed E-state index contributed by atoms with van der Waals surface area (Å²) in [5.41, 5.74) is 2.74. The second-order valence-electron chi connectivity index (χ2n) is 6.13. The third-order valence-corrected chi connectivity index (χ3v) is 6.31. The van der Waals surface area contributed by atoms with Crippen LogP contribution < -0.4 is 10.3 Å². The van der Waals surface area contributed by atoms with Gasteiger partial charge in [0.05, 0.1) is 23.7 Å². The highest BCUT2D eigenvalue weighted by atomic mass is 32.2. The van der Waals surface area contributed by atoms with Crippen molar-refractivity contribution in [2.45, 2.75) is 24.4 Å². The van der Waals surface area contributed by atoms with Crippen molar-refractivity contribution in [3.8, 4) is 16.3 Å². The number of thiazole rings is 1. The van der Waals surface area contributed by atoms with Crippen LogP contribution in [0.1, 0.15) is 12.6 Å². The first-order valence-corrected chi connectivity index (χ1v) is 10.8. The van der Waals surface area contributed by atoms with Crippen LogP contribution in [0.4, 0.5) is 0 Å². The van der Waals surface area contributed by atoms with Crippen LogP contribution in [0.2, 0.25) is 0 Å². The normalized spacial score (nSPS) is 11.1. The summed E-state index contributed by atoms with van der Waals surface area (Å²) in [7, 11) is 1.66. The molecule has 0 saturated carbocycles. The van der Waals surface area contributed by atoms with Gasteiger partial charge in [-0.05, 0) is 31.2 Å². The van der Waals surface area contributed by atoms with E-state index in [1.54, 1.807) is 34.8 Å². The summed E-state index contributed by atoms with van der Waals surface area (Å²) in [6.07, 6.45) is 0. The Balaban J connectivity index is 1.58. The lowest BCUT2D eigenvalue weighted by Crippen LogP contribution is -2.22. The predicted molar refractivity (Wildman–Crippen MR) is 115 cm³/mol. The monoisotopic (exact) mass is 409 g/mol. The Morgan fingerprint density at radius 1 is 1.14 bits per heavy atom. The maximum absolute atomic E-state index is 12.7. The van der Waals surface area contributed by atoms with E-state index in [-0.39, 0.29) is 5.56 Å². The second kappa shape index (κ2) is 8.16. The molecule has 0 aliphatic heterocycles. The van der Waals surface area contributed by atoms with E-state index in [9.17, 15) is 4.79 Å². The molecule has 2 aromatic carbocycles. The number of hydrogen-bond donors (Lipinski definition) is 0. The molecule has 0 aliphatic rings. The lowest BCUT2D eigenvalue weighted by atomic mass is 10.2. The fourth-order valence-electron chi connectivity index (χ4n) is 2.94. The maximum atomic E-state index is 12.7. The molecule has 0 N–H and O–H groups in total. The van der Waals surface area contributed by atoms with Crippen LogP contribution in [0.15, 0.2) is 63.9 Å². The molecular formula is C21H19N3O2S2. The lowest BCUT2D eigenvalue weighted by Gasteiger charge is -2.10. The molecule has 0 bridgehead atoms. The van der Waals surface area contributed by atoms with Crippen molar-refractivity contribution in [1.82, 2.24) is 14.5 Å². The molecule has 0 atom stereocenters. The number of para-hydroxylation sites is 1. The molecule has 2 heterocycles. The predicted octanol–water partition coefficient (Wildman–Crippen LogP) is 4.84. The number of methoxy groups -OCH3 is 1. The van der Waals surface area contributed by atoms with E-state index in [1.807, 2.05) is 55.5 Å². The number of ether oxygens (including phenoxy) is 1. The Hall–Kier alpha value is -2.64. The zero-order valence-electron chi connectivity index (χ0n) is 15.6. The van der Waals surface area contributed by atoms with Crippen LogP contribution in [0.3, 0.4) is 0 Å². The molecule has 4 rings (SSSR count). The highest BCUT2D eigenvalue weighted by Crippen LogP contribution is 2.29. The van der Waals surface area contributed by atoms with Gasteiger partial charge in [0, 0.05) is 23.2 Å². The topological polar surface area (TPSA) is 57.0 Å². The number of fused-ring (bicyclic) bond motifs is 1. The largest absolute Gasteiger partial charge is 0.497 e. The number of nitrogens with zero attached hydrogens (tertiary/aromatic N) is 3. The molecule has 2 aromatic heterocycles. The minimum absolute atomic E-state index is 0.00551. The molecule has 5 nitrogen and oxygen atoms in total. The summed E-state index contributed by atoms with van der Waals surface area (Å²) >= 11 is 3.14. The summed E-state index contributed by atoms with van der Waals surface area (Å²) in [6.45, 7) is 2.55. The quantitative estimate of drug-likeness (QED) is 0.337. The van der Waals surface area contributed by atoms with Crippen molar-refractivity contribution in [1.29, 1.82) is 0 Å². The minimum Gasteiger partial charge on any atom is -0.497 e. The van der Waals surface area contributed by atoms with Crippen LogP contribution in [0.5, 0.6) is 5.75 Å². The summed E-state index contributed by atoms with van der Waals surface area (Å²) in [5.74, 6) is 1.47. The van der Waals surface area contributed by atoms with Gasteiger partial charge in [-0.1, -0.05) is 36.0 Å². The van der Waals surface area contributed by atoms with Gasteiger partial charge in [-0.15, -0.1) is 11.3 Å². The van der Waals surface area contributed by atoms with E-state index in [4.69, 9.17) is 14.7 Å². The van der Waals surface area contributed by atoms with Crippen molar-refractivity contribution < 1.29 is 4.74 Å². The first-order valence-electron chi connectivity index (χ1n) is 8.91. The van der Waals surface area contributed by atoms with E-state index in [1.165, 1.54) is 0 Å². The highest BCUT2D eigenvalue weighted by molar-refractivity contribution is 7.98. The molecule has 7 heteroatoms. The fourth-order valence-corrected chi connectivity index (χ4v) is 4.81. The molecule has 0 amide bonds. The van der Waals surface area contributed by atoms with Gasteiger partial charge < -0.3 is 4.74 Å². The Kier molecular flexibility index (Phi) is 5.45. The van der Waals surface area contributed by atoms with Crippen LogP contribution in [-0.2, 0) is 12.3 Å². The van der Waals surface area contributed by atoms with Crippen LogP contribution >= 0.6 is 23.1 Å². The molecule has 4 aromatic rings. The summed E-state index contributed by atoms with van der Waals surface area (Å²) in [4.78, 5) is 22.2.